The summed E-state index contributed by atoms with van der Waals surface area (Å²) in [7, 11) is 3.66. The molecule has 0 bridgehead atoms. The van der Waals surface area contributed by atoms with Gasteiger partial charge in [-0.25, -0.2) is 4.39 Å². The van der Waals surface area contributed by atoms with E-state index in [1.165, 1.54) is 12.1 Å². The van der Waals surface area contributed by atoms with Gasteiger partial charge >= 0.3 is 0 Å². The number of aliphatic hydroxyl groups excluding tert-OH is 1. The highest BCUT2D eigenvalue weighted by atomic mass is 35.5. The van der Waals surface area contributed by atoms with Gasteiger partial charge in [0.05, 0.1) is 12.0 Å². The first-order valence-electron chi connectivity index (χ1n) is 4.27. The fraction of sp³-hybridized carbons (Fsp3) is 0.400. The summed E-state index contributed by atoms with van der Waals surface area (Å²) in [6.45, 7) is 0. The average molecular weight is 218 g/mol. The third kappa shape index (κ3) is 2.36. The molecule has 0 saturated heterocycles. The smallest absolute Gasteiger partial charge is 0.123 e. The number of nitrogens with zero attached hydrogens (tertiary/aromatic N) is 1. The van der Waals surface area contributed by atoms with Gasteiger partial charge in [-0.15, -0.1) is 11.6 Å². The molecule has 1 aromatic carbocycles. The summed E-state index contributed by atoms with van der Waals surface area (Å²) >= 11 is 5.52. The molecule has 14 heavy (non-hydrogen) atoms. The fourth-order valence-corrected chi connectivity index (χ4v) is 1.45. The van der Waals surface area contributed by atoms with Gasteiger partial charge < -0.3 is 10.0 Å². The molecular weight excluding hydrogens is 205 g/mol. The van der Waals surface area contributed by atoms with Crippen LogP contribution in [0, 0.1) is 5.82 Å². The van der Waals surface area contributed by atoms with Crippen LogP contribution in [-0.4, -0.2) is 25.1 Å². The van der Waals surface area contributed by atoms with E-state index in [-0.39, 0.29) is 11.7 Å². The van der Waals surface area contributed by atoms with Crippen molar-refractivity contribution in [3.8, 4) is 0 Å². The van der Waals surface area contributed by atoms with E-state index in [2.05, 4.69) is 0 Å². The molecule has 1 rings (SSSR count). The van der Waals surface area contributed by atoms with Crippen LogP contribution in [0.3, 0.4) is 0 Å². The summed E-state index contributed by atoms with van der Waals surface area (Å²) in [5.41, 5.74) is 1.30. The van der Waals surface area contributed by atoms with Crippen LogP contribution in [0.4, 0.5) is 10.1 Å². The predicted octanol–water partition coefficient (Wildman–Crippen LogP) is 2.16. The number of benzene rings is 1. The molecule has 0 radical (unpaired) electrons. The molecule has 0 fully saturated rings. The summed E-state index contributed by atoms with van der Waals surface area (Å²) in [4.78, 5) is 1.81. The maximum absolute atomic E-state index is 12.9. The van der Waals surface area contributed by atoms with Crippen LogP contribution in [0.2, 0.25) is 0 Å². The second kappa shape index (κ2) is 4.62. The van der Waals surface area contributed by atoms with Crippen molar-refractivity contribution in [3.63, 3.8) is 0 Å². The molecule has 1 aromatic rings. The van der Waals surface area contributed by atoms with Gasteiger partial charge in [-0.1, -0.05) is 0 Å². The highest BCUT2D eigenvalue weighted by Gasteiger charge is 2.13. The van der Waals surface area contributed by atoms with E-state index in [9.17, 15) is 9.50 Å². The highest BCUT2D eigenvalue weighted by Crippen LogP contribution is 2.26. The van der Waals surface area contributed by atoms with Gasteiger partial charge in [0, 0.05) is 25.3 Å². The predicted molar refractivity (Wildman–Crippen MR) is 56.4 cm³/mol. The molecule has 0 aliphatic rings. The summed E-state index contributed by atoms with van der Waals surface area (Å²) in [5.74, 6) is -0.306. The SMILES string of the molecule is CN(C)c1ccc(F)cc1C(O)CCl. The lowest BCUT2D eigenvalue weighted by atomic mass is 10.1. The van der Waals surface area contributed by atoms with Crippen LogP contribution in [-0.2, 0) is 0 Å². The first-order valence-corrected chi connectivity index (χ1v) is 4.80. The van der Waals surface area contributed by atoms with Crippen LogP contribution >= 0.6 is 11.6 Å². The normalized spacial score (nSPS) is 12.6. The molecule has 78 valence electrons. The van der Waals surface area contributed by atoms with E-state index in [1.807, 2.05) is 19.0 Å². The van der Waals surface area contributed by atoms with E-state index in [0.717, 1.165) is 5.69 Å². The zero-order valence-electron chi connectivity index (χ0n) is 8.17. The van der Waals surface area contributed by atoms with E-state index < -0.39 is 6.10 Å². The highest BCUT2D eigenvalue weighted by molar-refractivity contribution is 6.18. The van der Waals surface area contributed by atoms with Gasteiger partial charge in [0.15, 0.2) is 0 Å². The van der Waals surface area contributed by atoms with Crippen molar-refractivity contribution >= 4 is 17.3 Å². The van der Waals surface area contributed by atoms with Crippen LogP contribution < -0.4 is 4.90 Å². The number of alkyl halides is 1. The minimum atomic E-state index is -0.829. The van der Waals surface area contributed by atoms with Crippen molar-refractivity contribution in [1.82, 2.24) is 0 Å². The summed E-state index contributed by atoms with van der Waals surface area (Å²) < 4.78 is 12.9. The van der Waals surface area contributed by atoms with E-state index in [0.29, 0.717) is 5.56 Å². The number of anilines is 1. The molecule has 0 spiro atoms. The summed E-state index contributed by atoms with van der Waals surface area (Å²) in [6, 6.07) is 4.29. The number of rotatable bonds is 3. The quantitative estimate of drug-likeness (QED) is 0.785. The van der Waals surface area contributed by atoms with Crippen LogP contribution in [0.5, 0.6) is 0 Å². The standard InChI is InChI=1S/C10H13ClFNO/c1-13(2)9-4-3-7(12)5-8(9)10(14)6-11/h3-5,10,14H,6H2,1-2H3. The lowest BCUT2D eigenvalue weighted by Gasteiger charge is -2.19. The second-order valence-corrected chi connectivity index (χ2v) is 3.58. The molecule has 0 saturated carbocycles. The Balaban J connectivity index is 3.15. The molecule has 1 N–H and O–H groups in total. The largest absolute Gasteiger partial charge is 0.387 e. The Kier molecular flexibility index (Phi) is 3.72. The van der Waals surface area contributed by atoms with E-state index >= 15 is 0 Å². The molecular formula is C10H13ClFNO. The number of hydrogen-bond donors (Lipinski definition) is 1. The van der Waals surface area contributed by atoms with E-state index in [1.54, 1.807) is 6.07 Å². The average Bonchev–Trinajstić information content (AvgIpc) is 2.16. The Bertz CT molecular complexity index is 317. The molecule has 0 aliphatic heterocycles. The monoisotopic (exact) mass is 217 g/mol. The maximum Gasteiger partial charge on any atom is 0.123 e. The minimum absolute atomic E-state index is 0.0598. The lowest BCUT2D eigenvalue weighted by molar-refractivity contribution is 0.202. The minimum Gasteiger partial charge on any atom is -0.387 e. The Morgan fingerprint density at radius 1 is 1.50 bits per heavy atom. The first kappa shape index (κ1) is 11.3. The van der Waals surface area contributed by atoms with Crippen LogP contribution in [0.25, 0.3) is 0 Å². The number of aliphatic hydroxyl groups is 1. The second-order valence-electron chi connectivity index (χ2n) is 3.27. The topological polar surface area (TPSA) is 23.5 Å². The van der Waals surface area contributed by atoms with E-state index in [4.69, 9.17) is 11.6 Å². The summed E-state index contributed by atoms with van der Waals surface area (Å²) in [6.07, 6.45) is -0.829. The molecule has 4 heteroatoms. The molecule has 2 nitrogen and oxygen atoms in total. The number of halogens is 2. The van der Waals surface area contributed by atoms with Crippen molar-refractivity contribution < 1.29 is 9.50 Å². The van der Waals surface area contributed by atoms with Crippen molar-refractivity contribution in [1.29, 1.82) is 0 Å². The molecule has 0 aliphatic carbocycles. The molecule has 0 heterocycles. The Hall–Kier alpha value is -0.800. The fourth-order valence-electron chi connectivity index (χ4n) is 1.28. The van der Waals surface area contributed by atoms with Crippen LogP contribution in [0.1, 0.15) is 11.7 Å². The lowest BCUT2D eigenvalue weighted by Crippen LogP contribution is -2.14. The first-order chi connectivity index (χ1) is 6.56. The van der Waals surface area contributed by atoms with Crippen molar-refractivity contribution in [2.45, 2.75) is 6.10 Å². The number of hydrogen-bond acceptors (Lipinski definition) is 2. The van der Waals surface area contributed by atoms with Gasteiger partial charge in [0.2, 0.25) is 0 Å². The van der Waals surface area contributed by atoms with Gasteiger partial charge in [0.1, 0.15) is 5.82 Å². The van der Waals surface area contributed by atoms with Crippen molar-refractivity contribution in [3.05, 3.63) is 29.6 Å². The Labute approximate surface area is 87.9 Å². The molecule has 0 aromatic heterocycles. The van der Waals surface area contributed by atoms with Gasteiger partial charge in [-0.3, -0.25) is 0 Å². The molecule has 1 unspecified atom stereocenters. The van der Waals surface area contributed by atoms with Crippen molar-refractivity contribution in [2.75, 3.05) is 24.9 Å². The maximum atomic E-state index is 12.9. The van der Waals surface area contributed by atoms with Gasteiger partial charge in [0.25, 0.3) is 0 Å². The Morgan fingerprint density at radius 2 is 2.14 bits per heavy atom. The van der Waals surface area contributed by atoms with Crippen molar-refractivity contribution in [2.24, 2.45) is 0 Å². The third-order valence-electron chi connectivity index (χ3n) is 1.98. The Morgan fingerprint density at radius 3 is 2.64 bits per heavy atom. The zero-order valence-corrected chi connectivity index (χ0v) is 8.92. The summed E-state index contributed by atoms with van der Waals surface area (Å²) in [5, 5.41) is 9.56. The van der Waals surface area contributed by atoms with Gasteiger partial charge in [-0.2, -0.15) is 0 Å². The van der Waals surface area contributed by atoms with Crippen LogP contribution in [0.15, 0.2) is 18.2 Å². The zero-order chi connectivity index (χ0) is 10.7. The molecule has 1 atom stereocenters. The third-order valence-corrected chi connectivity index (χ3v) is 2.27. The van der Waals surface area contributed by atoms with Gasteiger partial charge in [-0.05, 0) is 18.2 Å². The molecule has 0 amide bonds.